The van der Waals surface area contributed by atoms with Gasteiger partial charge in [-0.2, -0.15) is 0 Å². The van der Waals surface area contributed by atoms with Crippen molar-refractivity contribution >= 4 is 5.97 Å². The fourth-order valence-electron chi connectivity index (χ4n) is 2.59. The Labute approximate surface area is 107 Å². The summed E-state index contributed by atoms with van der Waals surface area (Å²) in [6.07, 6.45) is 4.42. The van der Waals surface area contributed by atoms with E-state index in [1.807, 2.05) is 12.1 Å². The van der Waals surface area contributed by atoms with Gasteiger partial charge in [0.05, 0.1) is 13.0 Å². The summed E-state index contributed by atoms with van der Waals surface area (Å²) in [5, 5.41) is 9.22. The van der Waals surface area contributed by atoms with Crippen molar-refractivity contribution in [2.45, 2.75) is 31.6 Å². The number of carboxylic acid groups (broad SMARTS) is 1. The summed E-state index contributed by atoms with van der Waals surface area (Å²) in [5.74, 6) is -0.938. The van der Waals surface area contributed by atoms with E-state index in [2.05, 4.69) is 0 Å². The van der Waals surface area contributed by atoms with E-state index in [4.69, 9.17) is 10.5 Å². The predicted molar refractivity (Wildman–Crippen MR) is 69.1 cm³/mol. The average molecular weight is 249 g/mol. The van der Waals surface area contributed by atoms with Crippen LogP contribution < -0.4 is 10.5 Å². The number of hydrogen-bond donors (Lipinski definition) is 2. The number of ether oxygens (including phenoxy) is 1. The molecule has 1 aromatic rings. The minimum absolute atomic E-state index is 0.0878. The van der Waals surface area contributed by atoms with Crippen LogP contribution in [0.25, 0.3) is 0 Å². The standard InChI is InChI=1S/C14H19NO3/c1-18-13-7-10-5-3-2-4-9(10)6-11(13)12(8-15)14(16)17/h6-7,12H,2-5,8,15H2,1H3,(H,16,17). The highest BCUT2D eigenvalue weighted by molar-refractivity contribution is 5.78. The van der Waals surface area contributed by atoms with Gasteiger partial charge in [-0.1, -0.05) is 6.07 Å². The molecule has 98 valence electrons. The number of aliphatic carboxylic acids is 1. The maximum absolute atomic E-state index is 11.2. The van der Waals surface area contributed by atoms with Crippen LogP contribution in [0.4, 0.5) is 0 Å². The van der Waals surface area contributed by atoms with E-state index in [1.165, 1.54) is 24.0 Å². The Bertz CT molecular complexity index is 457. The monoisotopic (exact) mass is 249 g/mol. The van der Waals surface area contributed by atoms with Crippen molar-refractivity contribution in [2.24, 2.45) is 5.73 Å². The number of carboxylic acids is 1. The summed E-state index contributed by atoms with van der Waals surface area (Å²) in [4.78, 5) is 11.2. The van der Waals surface area contributed by atoms with Crippen molar-refractivity contribution in [1.82, 2.24) is 0 Å². The van der Waals surface area contributed by atoms with Gasteiger partial charge >= 0.3 is 5.97 Å². The molecule has 0 aliphatic heterocycles. The van der Waals surface area contributed by atoms with Crippen LogP contribution in [0.3, 0.4) is 0 Å². The fourth-order valence-corrected chi connectivity index (χ4v) is 2.59. The molecule has 0 amide bonds. The third-order valence-electron chi connectivity index (χ3n) is 3.60. The lowest BCUT2D eigenvalue weighted by atomic mass is 9.87. The van der Waals surface area contributed by atoms with Crippen molar-refractivity contribution in [3.63, 3.8) is 0 Å². The molecule has 0 aromatic heterocycles. The average Bonchev–Trinajstić information content (AvgIpc) is 2.38. The maximum Gasteiger partial charge on any atom is 0.312 e. The Morgan fingerprint density at radius 3 is 2.50 bits per heavy atom. The van der Waals surface area contributed by atoms with Crippen LogP contribution >= 0.6 is 0 Å². The molecule has 18 heavy (non-hydrogen) atoms. The third kappa shape index (κ3) is 2.34. The van der Waals surface area contributed by atoms with Crippen molar-refractivity contribution in [3.8, 4) is 5.75 Å². The molecule has 1 unspecified atom stereocenters. The predicted octanol–water partition coefficient (Wildman–Crippen LogP) is 1.70. The number of aryl methyl sites for hydroxylation is 2. The summed E-state index contributed by atoms with van der Waals surface area (Å²) >= 11 is 0. The normalized spacial score (nSPS) is 15.9. The van der Waals surface area contributed by atoms with Gasteiger partial charge in [0.2, 0.25) is 0 Å². The molecule has 1 aromatic carbocycles. The molecule has 1 aliphatic carbocycles. The minimum Gasteiger partial charge on any atom is -0.496 e. The SMILES string of the molecule is COc1cc2c(cc1C(CN)C(=O)O)CCCC2. The van der Waals surface area contributed by atoms with Gasteiger partial charge in [0.15, 0.2) is 0 Å². The molecular weight excluding hydrogens is 230 g/mol. The van der Waals surface area contributed by atoms with Crippen molar-refractivity contribution in [2.75, 3.05) is 13.7 Å². The quantitative estimate of drug-likeness (QED) is 0.852. The number of nitrogens with two attached hydrogens (primary N) is 1. The van der Waals surface area contributed by atoms with Crippen molar-refractivity contribution in [3.05, 3.63) is 28.8 Å². The fraction of sp³-hybridized carbons (Fsp3) is 0.500. The van der Waals surface area contributed by atoms with E-state index < -0.39 is 11.9 Å². The van der Waals surface area contributed by atoms with E-state index in [0.29, 0.717) is 11.3 Å². The Balaban J connectivity index is 2.47. The van der Waals surface area contributed by atoms with Crippen LogP contribution in [0.5, 0.6) is 5.75 Å². The number of benzene rings is 1. The number of methoxy groups -OCH3 is 1. The van der Waals surface area contributed by atoms with Crippen LogP contribution in [-0.4, -0.2) is 24.7 Å². The van der Waals surface area contributed by atoms with Crippen molar-refractivity contribution < 1.29 is 14.6 Å². The summed E-state index contributed by atoms with van der Waals surface area (Å²) in [6.45, 7) is 0.0878. The van der Waals surface area contributed by atoms with Crippen LogP contribution in [-0.2, 0) is 17.6 Å². The highest BCUT2D eigenvalue weighted by Crippen LogP contribution is 2.33. The zero-order chi connectivity index (χ0) is 13.1. The first-order valence-electron chi connectivity index (χ1n) is 6.30. The molecule has 4 heteroatoms. The third-order valence-corrected chi connectivity index (χ3v) is 3.60. The van der Waals surface area contributed by atoms with Gasteiger partial charge in [-0.3, -0.25) is 4.79 Å². The van der Waals surface area contributed by atoms with Crippen LogP contribution in [0, 0.1) is 0 Å². The van der Waals surface area contributed by atoms with Gasteiger partial charge in [0.1, 0.15) is 5.75 Å². The molecule has 4 nitrogen and oxygen atoms in total. The number of carbonyl (C=O) groups is 1. The molecule has 1 aliphatic rings. The molecule has 0 fully saturated rings. The lowest BCUT2D eigenvalue weighted by Gasteiger charge is -2.21. The molecule has 0 bridgehead atoms. The van der Waals surface area contributed by atoms with E-state index in [1.54, 1.807) is 7.11 Å². The molecular formula is C14H19NO3. The zero-order valence-corrected chi connectivity index (χ0v) is 10.6. The highest BCUT2D eigenvalue weighted by atomic mass is 16.5. The first kappa shape index (κ1) is 12.9. The lowest BCUT2D eigenvalue weighted by Crippen LogP contribution is -2.22. The largest absolute Gasteiger partial charge is 0.496 e. The van der Waals surface area contributed by atoms with Gasteiger partial charge < -0.3 is 15.6 Å². The second-order valence-corrected chi connectivity index (χ2v) is 4.70. The summed E-state index contributed by atoms with van der Waals surface area (Å²) in [5.41, 5.74) is 8.80. The lowest BCUT2D eigenvalue weighted by molar-refractivity contribution is -0.138. The highest BCUT2D eigenvalue weighted by Gasteiger charge is 2.24. The van der Waals surface area contributed by atoms with Gasteiger partial charge in [-0.15, -0.1) is 0 Å². The van der Waals surface area contributed by atoms with Gasteiger partial charge in [-0.05, 0) is 42.9 Å². The molecule has 0 heterocycles. The van der Waals surface area contributed by atoms with Gasteiger partial charge in [0, 0.05) is 12.1 Å². The van der Waals surface area contributed by atoms with E-state index >= 15 is 0 Å². The maximum atomic E-state index is 11.2. The molecule has 0 radical (unpaired) electrons. The smallest absolute Gasteiger partial charge is 0.312 e. The van der Waals surface area contributed by atoms with Crippen LogP contribution in [0.2, 0.25) is 0 Å². The Hall–Kier alpha value is -1.55. The number of fused-ring (bicyclic) bond motifs is 1. The van der Waals surface area contributed by atoms with E-state index in [9.17, 15) is 9.90 Å². The van der Waals surface area contributed by atoms with Crippen molar-refractivity contribution in [1.29, 1.82) is 0 Å². The molecule has 1 atom stereocenters. The molecule has 2 rings (SSSR count). The first-order chi connectivity index (χ1) is 8.67. The second-order valence-electron chi connectivity index (χ2n) is 4.70. The molecule has 0 spiro atoms. The summed E-state index contributed by atoms with van der Waals surface area (Å²) in [7, 11) is 1.57. The van der Waals surface area contributed by atoms with E-state index in [0.717, 1.165) is 12.8 Å². The Morgan fingerprint density at radius 1 is 1.39 bits per heavy atom. The Morgan fingerprint density at radius 2 is 2.00 bits per heavy atom. The molecule has 0 saturated heterocycles. The zero-order valence-electron chi connectivity index (χ0n) is 10.6. The van der Waals surface area contributed by atoms with Crippen LogP contribution in [0.1, 0.15) is 35.4 Å². The molecule has 3 N–H and O–H groups in total. The minimum atomic E-state index is -0.897. The van der Waals surface area contributed by atoms with E-state index in [-0.39, 0.29) is 6.54 Å². The number of hydrogen-bond acceptors (Lipinski definition) is 3. The topological polar surface area (TPSA) is 72.5 Å². The molecule has 0 saturated carbocycles. The second kappa shape index (κ2) is 5.40. The summed E-state index contributed by atoms with van der Waals surface area (Å²) < 4.78 is 5.33. The number of rotatable bonds is 4. The van der Waals surface area contributed by atoms with Gasteiger partial charge in [-0.25, -0.2) is 0 Å². The summed E-state index contributed by atoms with van der Waals surface area (Å²) in [6, 6.07) is 3.95. The Kier molecular flexibility index (Phi) is 3.87. The first-order valence-corrected chi connectivity index (χ1v) is 6.30. The van der Waals surface area contributed by atoms with Crippen LogP contribution in [0.15, 0.2) is 12.1 Å². The van der Waals surface area contributed by atoms with Gasteiger partial charge in [0.25, 0.3) is 0 Å².